The van der Waals surface area contributed by atoms with Crippen LogP contribution in [0, 0.1) is 5.92 Å². The lowest BCUT2D eigenvalue weighted by Gasteiger charge is -2.08. The summed E-state index contributed by atoms with van der Waals surface area (Å²) >= 11 is 0. The van der Waals surface area contributed by atoms with E-state index >= 15 is 0 Å². The Bertz CT molecular complexity index is 179. The standard InChI is InChI=1S/C6H11N3O2/c7-9-8-5-1-4(3-10)6(11)2-5/h4-6,10-11H,1-3H2/t4-,5+,6-/m0/s1. The molecule has 0 heterocycles. The minimum absolute atomic E-state index is 0.0292. The topological polar surface area (TPSA) is 89.2 Å². The number of aliphatic hydroxyl groups excluding tert-OH is 2. The van der Waals surface area contributed by atoms with Gasteiger partial charge in [-0.2, -0.15) is 0 Å². The van der Waals surface area contributed by atoms with Crippen LogP contribution >= 0.6 is 0 Å². The highest BCUT2D eigenvalue weighted by Crippen LogP contribution is 2.27. The molecule has 2 N–H and O–H groups in total. The van der Waals surface area contributed by atoms with Crippen LogP contribution in [0.25, 0.3) is 10.4 Å². The molecule has 3 atom stereocenters. The molecule has 0 saturated heterocycles. The lowest BCUT2D eigenvalue weighted by atomic mass is 10.1. The molecule has 5 heteroatoms. The predicted molar refractivity (Wildman–Crippen MR) is 38.8 cm³/mol. The molecule has 11 heavy (non-hydrogen) atoms. The van der Waals surface area contributed by atoms with E-state index in [1.165, 1.54) is 0 Å². The lowest BCUT2D eigenvalue weighted by Crippen LogP contribution is -2.16. The Balaban J connectivity index is 2.48. The van der Waals surface area contributed by atoms with Gasteiger partial charge in [-0.3, -0.25) is 0 Å². The van der Waals surface area contributed by atoms with Gasteiger partial charge in [-0.25, -0.2) is 0 Å². The first-order valence-corrected chi connectivity index (χ1v) is 3.61. The highest BCUT2D eigenvalue weighted by molar-refractivity contribution is 4.86. The Morgan fingerprint density at radius 2 is 2.27 bits per heavy atom. The van der Waals surface area contributed by atoms with Crippen LogP contribution in [0.3, 0.4) is 0 Å². The fraction of sp³-hybridized carbons (Fsp3) is 1.00. The van der Waals surface area contributed by atoms with Crippen molar-refractivity contribution >= 4 is 0 Å². The third-order valence-corrected chi connectivity index (χ3v) is 2.08. The van der Waals surface area contributed by atoms with Crippen LogP contribution in [0.4, 0.5) is 0 Å². The van der Waals surface area contributed by atoms with Gasteiger partial charge in [-0.15, -0.1) is 0 Å². The molecule has 1 aliphatic carbocycles. The number of aliphatic hydroxyl groups is 2. The second-order valence-corrected chi connectivity index (χ2v) is 2.84. The Morgan fingerprint density at radius 1 is 1.55 bits per heavy atom. The van der Waals surface area contributed by atoms with Crippen molar-refractivity contribution in [1.82, 2.24) is 0 Å². The quantitative estimate of drug-likeness (QED) is 0.345. The zero-order chi connectivity index (χ0) is 8.27. The third-order valence-electron chi connectivity index (χ3n) is 2.08. The number of azide groups is 1. The van der Waals surface area contributed by atoms with Crippen molar-refractivity contribution in [3.8, 4) is 0 Å². The fourth-order valence-corrected chi connectivity index (χ4v) is 1.44. The zero-order valence-corrected chi connectivity index (χ0v) is 6.09. The molecule has 1 fully saturated rings. The van der Waals surface area contributed by atoms with Crippen molar-refractivity contribution in [3.05, 3.63) is 10.4 Å². The minimum atomic E-state index is -0.504. The highest BCUT2D eigenvalue weighted by atomic mass is 16.3. The van der Waals surface area contributed by atoms with Crippen molar-refractivity contribution in [2.45, 2.75) is 25.0 Å². The average Bonchev–Trinajstić information content (AvgIpc) is 2.32. The summed E-state index contributed by atoms with van der Waals surface area (Å²) in [6, 6.07) is -0.132. The van der Waals surface area contributed by atoms with E-state index in [-0.39, 0.29) is 18.6 Å². The smallest absolute Gasteiger partial charge is 0.0594 e. The maximum absolute atomic E-state index is 9.24. The summed E-state index contributed by atoms with van der Waals surface area (Å²) in [6.45, 7) is -0.0292. The van der Waals surface area contributed by atoms with Crippen LogP contribution in [0.15, 0.2) is 5.11 Å². The summed E-state index contributed by atoms with van der Waals surface area (Å²) < 4.78 is 0. The van der Waals surface area contributed by atoms with Crippen LogP contribution in [-0.2, 0) is 0 Å². The second kappa shape index (κ2) is 3.57. The highest BCUT2D eigenvalue weighted by Gasteiger charge is 2.31. The van der Waals surface area contributed by atoms with Crippen molar-refractivity contribution in [1.29, 1.82) is 0 Å². The summed E-state index contributed by atoms with van der Waals surface area (Å²) in [7, 11) is 0. The Labute approximate surface area is 64.3 Å². The molecule has 0 aromatic heterocycles. The van der Waals surface area contributed by atoms with Crippen LogP contribution in [0.2, 0.25) is 0 Å². The van der Waals surface area contributed by atoms with Gasteiger partial charge in [0, 0.05) is 23.5 Å². The van der Waals surface area contributed by atoms with Gasteiger partial charge in [0.05, 0.1) is 6.10 Å². The average molecular weight is 157 g/mol. The molecule has 1 aliphatic rings. The second-order valence-electron chi connectivity index (χ2n) is 2.84. The van der Waals surface area contributed by atoms with Crippen molar-refractivity contribution in [3.63, 3.8) is 0 Å². The summed E-state index contributed by atoms with van der Waals surface area (Å²) in [4.78, 5) is 2.65. The van der Waals surface area contributed by atoms with Crippen LogP contribution < -0.4 is 0 Å². The maximum atomic E-state index is 9.24. The monoisotopic (exact) mass is 157 g/mol. The number of nitrogens with zero attached hydrogens (tertiary/aromatic N) is 3. The summed E-state index contributed by atoms with van der Waals surface area (Å²) in [5, 5.41) is 21.5. The maximum Gasteiger partial charge on any atom is 0.0594 e. The van der Waals surface area contributed by atoms with Gasteiger partial charge in [-0.05, 0) is 18.4 Å². The molecule has 0 amide bonds. The van der Waals surface area contributed by atoms with E-state index in [1.54, 1.807) is 0 Å². The molecule has 0 spiro atoms. The van der Waals surface area contributed by atoms with Gasteiger partial charge in [0.1, 0.15) is 0 Å². The van der Waals surface area contributed by atoms with Gasteiger partial charge in [0.15, 0.2) is 0 Å². The third kappa shape index (κ3) is 1.83. The molecule has 62 valence electrons. The Hall–Kier alpha value is -0.770. The first-order chi connectivity index (χ1) is 5.27. The van der Waals surface area contributed by atoms with Gasteiger partial charge in [0.2, 0.25) is 0 Å². The van der Waals surface area contributed by atoms with Crippen molar-refractivity contribution in [2.24, 2.45) is 11.0 Å². The van der Waals surface area contributed by atoms with Gasteiger partial charge >= 0.3 is 0 Å². The molecule has 0 aromatic rings. The van der Waals surface area contributed by atoms with Crippen molar-refractivity contribution < 1.29 is 10.2 Å². The largest absolute Gasteiger partial charge is 0.396 e. The molecule has 0 aliphatic heterocycles. The number of hydrogen-bond donors (Lipinski definition) is 2. The Morgan fingerprint density at radius 3 is 2.73 bits per heavy atom. The summed E-state index contributed by atoms with van der Waals surface area (Å²) in [5.41, 5.74) is 8.09. The van der Waals surface area contributed by atoms with E-state index in [4.69, 9.17) is 10.6 Å². The molecule has 1 rings (SSSR count). The lowest BCUT2D eigenvalue weighted by molar-refractivity contribution is 0.0908. The van der Waals surface area contributed by atoms with Crippen LogP contribution in [0.1, 0.15) is 12.8 Å². The molecule has 0 aromatic carbocycles. The van der Waals surface area contributed by atoms with Crippen LogP contribution in [-0.4, -0.2) is 29.0 Å². The molecular formula is C6H11N3O2. The molecule has 1 saturated carbocycles. The summed E-state index contributed by atoms with van der Waals surface area (Å²) in [6.07, 6.45) is 0.576. The minimum Gasteiger partial charge on any atom is -0.396 e. The van der Waals surface area contributed by atoms with E-state index in [0.717, 1.165) is 0 Å². The number of rotatable bonds is 2. The van der Waals surface area contributed by atoms with Crippen molar-refractivity contribution in [2.75, 3.05) is 6.61 Å². The molecular weight excluding hydrogens is 146 g/mol. The molecule has 5 nitrogen and oxygen atoms in total. The number of hydrogen-bond acceptors (Lipinski definition) is 3. The van der Waals surface area contributed by atoms with Gasteiger partial charge < -0.3 is 10.2 Å². The van der Waals surface area contributed by atoms with E-state index in [2.05, 4.69) is 10.0 Å². The molecule has 0 unspecified atom stereocenters. The summed E-state index contributed by atoms with van der Waals surface area (Å²) in [5.74, 6) is -0.106. The zero-order valence-electron chi connectivity index (χ0n) is 6.09. The van der Waals surface area contributed by atoms with Gasteiger partial charge in [-0.1, -0.05) is 5.11 Å². The first kappa shape index (κ1) is 8.33. The Kier molecular flexibility index (Phi) is 2.70. The molecule has 0 radical (unpaired) electrons. The fourth-order valence-electron chi connectivity index (χ4n) is 1.44. The SMILES string of the molecule is [N-]=[N+]=N[C@@H]1C[C@@H](CO)[C@@H](O)C1. The van der Waals surface area contributed by atoms with Crippen LogP contribution in [0.5, 0.6) is 0 Å². The normalized spacial score (nSPS) is 36.7. The van der Waals surface area contributed by atoms with E-state index in [1.807, 2.05) is 0 Å². The van der Waals surface area contributed by atoms with Gasteiger partial charge in [0.25, 0.3) is 0 Å². The predicted octanol–water partition coefficient (Wildman–Crippen LogP) is 0.428. The van der Waals surface area contributed by atoms with E-state index in [0.29, 0.717) is 12.8 Å². The van der Waals surface area contributed by atoms with E-state index in [9.17, 15) is 5.11 Å². The first-order valence-electron chi connectivity index (χ1n) is 3.61. The van der Waals surface area contributed by atoms with E-state index < -0.39 is 6.10 Å². The molecule has 0 bridgehead atoms.